The van der Waals surface area contributed by atoms with Crippen molar-refractivity contribution in [1.82, 2.24) is 9.97 Å². The Balaban J connectivity index is 2.31. The van der Waals surface area contributed by atoms with Gasteiger partial charge in [-0.05, 0) is 6.07 Å². The fraction of sp³-hybridized carbons (Fsp3) is 0.167. The van der Waals surface area contributed by atoms with E-state index in [1.54, 1.807) is 0 Å². The van der Waals surface area contributed by atoms with Gasteiger partial charge in [0.2, 0.25) is 11.8 Å². The number of benzene rings is 1. The second-order valence-electron chi connectivity index (χ2n) is 4.05. The second-order valence-corrected chi connectivity index (χ2v) is 4.05. The van der Waals surface area contributed by atoms with E-state index in [1.807, 2.05) is 0 Å². The number of anilines is 2. The standard InChI is InChI=1S/C12H9F3N4O3/c1-22-10-9(12(13,14)15)6-16-11(18-10)17-7-3-2-4-8(5-7)19(20)21/h2-6H,1H3,(H,16,17,18). The molecule has 2 rings (SSSR count). The zero-order valence-corrected chi connectivity index (χ0v) is 11.1. The van der Waals surface area contributed by atoms with Crippen LogP contribution in [0.15, 0.2) is 30.5 Å². The Morgan fingerprint density at radius 1 is 1.36 bits per heavy atom. The van der Waals surface area contributed by atoms with Crippen LogP contribution in [0.3, 0.4) is 0 Å². The van der Waals surface area contributed by atoms with Gasteiger partial charge in [-0.3, -0.25) is 10.1 Å². The summed E-state index contributed by atoms with van der Waals surface area (Å²) in [4.78, 5) is 17.2. The van der Waals surface area contributed by atoms with E-state index in [4.69, 9.17) is 0 Å². The molecule has 0 spiro atoms. The summed E-state index contributed by atoms with van der Waals surface area (Å²) in [7, 11) is 1.05. The molecule has 0 aliphatic rings. The molecule has 1 aromatic heterocycles. The van der Waals surface area contributed by atoms with E-state index in [0.717, 1.165) is 7.11 Å². The van der Waals surface area contributed by atoms with E-state index >= 15 is 0 Å². The van der Waals surface area contributed by atoms with Gasteiger partial charge in [0, 0.05) is 24.0 Å². The fourth-order valence-corrected chi connectivity index (χ4v) is 1.60. The Kier molecular flexibility index (Phi) is 4.11. The van der Waals surface area contributed by atoms with Crippen LogP contribution in [0.4, 0.5) is 30.5 Å². The van der Waals surface area contributed by atoms with Crippen molar-refractivity contribution in [3.05, 3.63) is 46.1 Å². The van der Waals surface area contributed by atoms with Crippen LogP contribution in [-0.4, -0.2) is 22.0 Å². The third kappa shape index (κ3) is 3.40. The summed E-state index contributed by atoms with van der Waals surface area (Å²) in [5, 5.41) is 13.2. The summed E-state index contributed by atoms with van der Waals surface area (Å²) in [6, 6.07) is 5.38. The fourth-order valence-electron chi connectivity index (χ4n) is 1.60. The number of hydrogen-bond donors (Lipinski definition) is 1. The number of ether oxygens (including phenoxy) is 1. The molecule has 0 aliphatic heterocycles. The number of rotatable bonds is 4. The number of halogens is 3. The van der Waals surface area contributed by atoms with Gasteiger partial charge in [0.25, 0.3) is 5.69 Å². The highest BCUT2D eigenvalue weighted by Crippen LogP contribution is 2.35. The maximum absolute atomic E-state index is 12.7. The second kappa shape index (κ2) is 5.84. The lowest BCUT2D eigenvalue weighted by molar-refractivity contribution is -0.384. The van der Waals surface area contributed by atoms with Crippen molar-refractivity contribution in [2.45, 2.75) is 6.18 Å². The predicted molar refractivity (Wildman–Crippen MR) is 70.0 cm³/mol. The van der Waals surface area contributed by atoms with Gasteiger partial charge >= 0.3 is 6.18 Å². The lowest BCUT2D eigenvalue weighted by Crippen LogP contribution is -2.11. The molecule has 0 amide bonds. The summed E-state index contributed by atoms with van der Waals surface area (Å²) in [6.07, 6.45) is -4.07. The van der Waals surface area contributed by atoms with E-state index in [0.29, 0.717) is 6.20 Å². The highest BCUT2D eigenvalue weighted by Gasteiger charge is 2.36. The Labute approximate surface area is 121 Å². The van der Waals surface area contributed by atoms with Crippen LogP contribution in [0.1, 0.15) is 5.56 Å². The number of nitrogens with zero attached hydrogens (tertiary/aromatic N) is 3. The van der Waals surface area contributed by atoms with Crippen molar-refractivity contribution in [3.63, 3.8) is 0 Å². The van der Waals surface area contributed by atoms with Crippen LogP contribution >= 0.6 is 0 Å². The number of methoxy groups -OCH3 is 1. The molecule has 116 valence electrons. The molecule has 22 heavy (non-hydrogen) atoms. The van der Waals surface area contributed by atoms with Crippen molar-refractivity contribution in [2.24, 2.45) is 0 Å². The van der Waals surface area contributed by atoms with Crippen LogP contribution in [0.2, 0.25) is 0 Å². The number of nitrogens with one attached hydrogen (secondary N) is 1. The first-order chi connectivity index (χ1) is 10.3. The number of hydrogen-bond acceptors (Lipinski definition) is 6. The van der Waals surface area contributed by atoms with E-state index in [2.05, 4.69) is 20.0 Å². The first-order valence-electron chi connectivity index (χ1n) is 5.81. The lowest BCUT2D eigenvalue weighted by atomic mass is 10.3. The molecule has 1 aromatic carbocycles. The molecule has 1 heterocycles. The van der Waals surface area contributed by atoms with Gasteiger partial charge < -0.3 is 10.1 Å². The number of non-ortho nitro benzene ring substituents is 1. The van der Waals surface area contributed by atoms with Gasteiger partial charge in [0.1, 0.15) is 5.56 Å². The van der Waals surface area contributed by atoms with Crippen LogP contribution in [0, 0.1) is 10.1 Å². The molecule has 1 N–H and O–H groups in total. The molecular formula is C12H9F3N4O3. The molecule has 0 atom stereocenters. The molecule has 0 unspecified atom stereocenters. The quantitative estimate of drug-likeness (QED) is 0.688. The average Bonchev–Trinajstić information content (AvgIpc) is 2.46. The average molecular weight is 314 g/mol. The van der Waals surface area contributed by atoms with Gasteiger partial charge in [0.15, 0.2) is 0 Å². The Bertz CT molecular complexity index is 706. The van der Waals surface area contributed by atoms with Gasteiger partial charge in [-0.25, -0.2) is 4.98 Å². The molecule has 0 fully saturated rings. The Hall–Kier alpha value is -2.91. The first kappa shape index (κ1) is 15.5. The van der Waals surface area contributed by atoms with Crippen molar-refractivity contribution in [2.75, 3.05) is 12.4 Å². The number of aromatic nitrogens is 2. The smallest absolute Gasteiger partial charge is 0.423 e. The van der Waals surface area contributed by atoms with Crippen LogP contribution in [0.5, 0.6) is 5.88 Å². The third-order valence-corrected chi connectivity index (χ3v) is 2.57. The molecule has 0 saturated heterocycles. The van der Waals surface area contributed by atoms with Crippen molar-refractivity contribution < 1.29 is 22.8 Å². The van der Waals surface area contributed by atoms with Crippen molar-refractivity contribution in [3.8, 4) is 5.88 Å². The van der Waals surface area contributed by atoms with E-state index < -0.39 is 22.5 Å². The van der Waals surface area contributed by atoms with E-state index in [9.17, 15) is 23.3 Å². The minimum Gasteiger partial charge on any atom is -0.480 e. The summed E-state index contributed by atoms with van der Waals surface area (Å²) in [5.74, 6) is -0.819. The summed E-state index contributed by atoms with van der Waals surface area (Å²) in [6.45, 7) is 0. The summed E-state index contributed by atoms with van der Waals surface area (Å²) >= 11 is 0. The highest BCUT2D eigenvalue weighted by atomic mass is 19.4. The zero-order chi connectivity index (χ0) is 16.3. The Morgan fingerprint density at radius 3 is 2.68 bits per heavy atom. The highest BCUT2D eigenvalue weighted by molar-refractivity contribution is 5.57. The van der Waals surface area contributed by atoms with Crippen LogP contribution in [-0.2, 0) is 6.18 Å². The number of alkyl halides is 3. The lowest BCUT2D eigenvalue weighted by Gasteiger charge is -2.12. The third-order valence-electron chi connectivity index (χ3n) is 2.57. The topological polar surface area (TPSA) is 90.2 Å². The largest absolute Gasteiger partial charge is 0.480 e. The van der Waals surface area contributed by atoms with E-state index in [-0.39, 0.29) is 17.3 Å². The molecule has 0 aliphatic carbocycles. The predicted octanol–water partition coefficient (Wildman–Crippen LogP) is 3.16. The number of nitro benzene ring substituents is 1. The maximum Gasteiger partial charge on any atom is 0.423 e. The minimum absolute atomic E-state index is 0.176. The van der Waals surface area contributed by atoms with Crippen molar-refractivity contribution >= 4 is 17.3 Å². The van der Waals surface area contributed by atoms with Crippen LogP contribution in [0.25, 0.3) is 0 Å². The van der Waals surface area contributed by atoms with Gasteiger partial charge in [-0.2, -0.15) is 18.2 Å². The minimum atomic E-state index is -4.64. The first-order valence-corrected chi connectivity index (χ1v) is 5.81. The molecule has 2 aromatic rings. The normalized spacial score (nSPS) is 11.1. The van der Waals surface area contributed by atoms with Gasteiger partial charge in [-0.1, -0.05) is 6.07 Å². The van der Waals surface area contributed by atoms with Gasteiger partial charge in [0.05, 0.1) is 12.0 Å². The zero-order valence-electron chi connectivity index (χ0n) is 11.1. The molecular weight excluding hydrogens is 305 g/mol. The van der Waals surface area contributed by atoms with Crippen LogP contribution < -0.4 is 10.1 Å². The SMILES string of the molecule is COc1nc(Nc2cccc([N+](=O)[O-])c2)ncc1C(F)(F)F. The molecule has 10 heteroatoms. The summed E-state index contributed by atoms with van der Waals surface area (Å²) in [5.41, 5.74) is -1.03. The van der Waals surface area contributed by atoms with Gasteiger partial charge in [-0.15, -0.1) is 0 Å². The molecule has 0 saturated carbocycles. The maximum atomic E-state index is 12.7. The van der Waals surface area contributed by atoms with Crippen molar-refractivity contribution in [1.29, 1.82) is 0 Å². The van der Waals surface area contributed by atoms with E-state index in [1.165, 1.54) is 24.3 Å². The molecule has 0 radical (unpaired) electrons. The number of nitro groups is 1. The molecule has 0 bridgehead atoms. The molecule has 7 nitrogen and oxygen atoms in total. The Morgan fingerprint density at radius 2 is 2.09 bits per heavy atom. The summed E-state index contributed by atoms with van der Waals surface area (Å²) < 4.78 is 42.6. The monoisotopic (exact) mass is 314 g/mol.